The molecule has 0 radical (unpaired) electrons. The van der Waals surface area contributed by atoms with Gasteiger partial charge in [0.1, 0.15) is 23.4 Å². The number of nitrogens with one attached hydrogen (secondary N) is 2. The molecule has 3 unspecified atom stereocenters. The quantitative estimate of drug-likeness (QED) is 0.152. The molecule has 0 bridgehead atoms. The highest BCUT2D eigenvalue weighted by Gasteiger charge is 2.52. The molecule has 2 fully saturated rings. The Hall–Kier alpha value is -4.66. The largest absolute Gasteiger partial charge is 0.494 e. The van der Waals surface area contributed by atoms with Crippen LogP contribution in [0.15, 0.2) is 54.7 Å². The Morgan fingerprint density at radius 1 is 1.05 bits per heavy atom. The van der Waals surface area contributed by atoms with Crippen LogP contribution < -0.4 is 15.5 Å². The molecule has 8 rings (SSSR count). The van der Waals surface area contributed by atoms with Gasteiger partial charge in [0.05, 0.1) is 57.9 Å². The number of fused-ring (bicyclic) bond motifs is 5. The topological polar surface area (TPSA) is 120 Å². The predicted octanol–water partition coefficient (Wildman–Crippen LogP) is 8.31. The first-order valence-electron chi connectivity index (χ1n) is 19.4. The minimum Gasteiger partial charge on any atom is -0.464 e. The van der Waals surface area contributed by atoms with E-state index in [9.17, 15) is 9.59 Å². The van der Waals surface area contributed by atoms with Crippen LogP contribution in [0.5, 0.6) is 5.75 Å². The number of ether oxygens (including phenoxy) is 2. The summed E-state index contributed by atoms with van der Waals surface area (Å²) in [4.78, 5) is 37.9. The zero-order valence-electron chi connectivity index (χ0n) is 33.4. The van der Waals surface area contributed by atoms with E-state index in [1.165, 1.54) is 18.1 Å². The first-order valence-corrected chi connectivity index (χ1v) is 20.2. The number of hydrogen-bond acceptors (Lipinski definition) is 8. The van der Waals surface area contributed by atoms with E-state index in [1.54, 1.807) is 22.4 Å². The van der Waals surface area contributed by atoms with Gasteiger partial charge in [-0.2, -0.15) is 0 Å². The number of carbonyl (C=O) groups is 2. The normalized spacial score (nSPS) is 20.4. The molecule has 2 aromatic carbocycles. The van der Waals surface area contributed by atoms with E-state index in [4.69, 9.17) is 18.8 Å². The summed E-state index contributed by atoms with van der Waals surface area (Å²) in [6.07, 6.45) is 1.97. The van der Waals surface area contributed by atoms with Gasteiger partial charge in [0.25, 0.3) is 0 Å². The number of methoxy groups -OCH3 is 1. The summed E-state index contributed by atoms with van der Waals surface area (Å²) in [7, 11) is 0.742. The maximum Gasteiger partial charge on any atom is 0.494 e. The molecular formula is C42H49BFN5O6S. The Bertz CT molecular complexity index is 2310. The Balaban J connectivity index is 1.16. The summed E-state index contributed by atoms with van der Waals surface area (Å²) in [6.45, 7) is 16.8. The van der Waals surface area contributed by atoms with Crippen LogP contribution in [0, 0.1) is 11.7 Å². The van der Waals surface area contributed by atoms with Gasteiger partial charge in [0.2, 0.25) is 12.1 Å². The fourth-order valence-corrected chi connectivity index (χ4v) is 8.95. The maximum atomic E-state index is 16.7. The first-order chi connectivity index (χ1) is 26.6. The van der Waals surface area contributed by atoms with Gasteiger partial charge < -0.3 is 34.0 Å². The number of halogens is 1. The van der Waals surface area contributed by atoms with Crippen LogP contribution in [0.4, 0.5) is 9.18 Å². The SMILES string of the molecule is COC(=O)NC(C(=O)N1CCCC1c1ncc(-c2cc(F)c3c(c2)OC(c2ccc(C(C)C)s2)n2c-3cc3cc(B4OC(C)(C)C(C)(C)O4)ccc32)[nH]1)C(C)C. The van der Waals surface area contributed by atoms with Crippen molar-refractivity contribution in [3.05, 3.63) is 76.1 Å². The van der Waals surface area contributed by atoms with Gasteiger partial charge in [-0.1, -0.05) is 39.8 Å². The molecule has 5 aromatic rings. The van der Waals surface area contributed by atoms with E-state index in [0.717, 1.165) is 27.7 Å². The number of amides is 2. The number of thiophene rings is 1. The van der Waals surface area contributed by atoms with Gasteiger partial charge in [0, 0.05) is 22.4 Å². The minimum atomic E-state index is -0.747. The molecular weight excluding hydrogens is 732 g/mol. The third kappa shape index (κ3) is 6.49. The van der Waals surface area contributed by atoms with Gasteiger partial charge in [0.15, 0.2) is 0 Å². The van der Waals surface area contributed by atoms with E-state index in [1.807, 2.05) is 65.8 Å². The molecule has 2 amide bonds. The van der Waals surface area contributed by atoms with Crippen LogP contribution in [0.25, 0.3) is 33.4 Å². The van der Waals surface area contributed by atoms with Gasteiger partial charge in [-0.3, -0.25) is 9.36 Å². The lowest BCUT2D eigenvalue weighted by molar-refractivity contribution is -0.135. The molecule has 3 aliphatic rings. The van der Waals surface area contributed by atoms with Crippen LogP contribution in [0.1, 0.15) is 102 Å². The maximum absolute atomic E-state index is 16.7. The highest BCUT2D eigenvalue weighted by atomic mass is 32.1. The standard InChI is InChI=1S/C42H49BFN5O6S/c1-22(2)33-14-15-34(56-33)39-49-29-13-12-26(43-54-41(5,6)42(7,8)55-43)17-25(29)19-31(49)35-27(44)18-24(20-32(35)53-39)28-21-45-37(46-28)30-11-10-16-48(30)38(50)36(23(3)4)47-40(51)52-9/h12-15,17-23,30,36,39H,10-11,16H2,1-9H3,(H,45,46)(H,47,51). The lowest BCUT2D eigenvalue weighted by atomic mass is 9.78. The summed E-state index contributed by atoms with van der Waals surface area (Å²) in [6, 6.07) is 14.7. The third-order valence-electron chi connectivity index (χ3n) is 11.8. The van der Waals surface area contributed by atoms with Crippen molar-refractivity contribution >= 4 is 46.8 Å². The van der Waals surface area contributed by atoms with Crippen LogP contribution in [0.3, 0.4) is 0 Å². The second-order valence-corrected chi connectivity index (χ2v) is 17.9. The van der Waals surface area contributed by atoms with Crippen molar-refractivity contribution in [3.8, 4) is 28.3 Å². The summed E-state index contributed by atoms with van der Waals surface area (Å²) < 4.78 is 43.1. The smallest absolute Gasteiger partial charge is 0.464 e. The Labute approximate surface area is 331 Å². The zero-order chi connectivity index (χ0) is 39.8. The molecule has 2 saturated heterocycles. The average Bonchev–Trinajstić information content (AvgIpc) is 3.99. The molecule has 0 aliphatic carbocycles. The Kier molecular flexibility index (Phi) is 9.60. The van der Waals surface area contributed by atoms with Crippen LogP contribution >= 0.6 is 11.3 Å². The van der Waals surface area contributed by atoms with Crippen molar-refractivity contribution in [2.45, 2.75) is 104 Å². The molecule has 3 aromatic heterocycles. The average molecular weight is 782 g/mol. The molecule has 0 spiro atoms. The van der Waals surface area contributed by atoms with E-state index in [-0.39, 0.29) is 17.9 Å². The minimum absolute atomic E-state index is 0.153. The molecule has 2 N–H and O–H groups in total. The van der Waals surface area contributed by atoms with Crippen molar-refractivity contribution in [2.24, 2.45) is 5.92 Å². The van der Waals surface area contributed by atoms with Crippen molar-refractivity contribution in [3.63, 3.8) is 0 Å². The zero-order valence-corrected chi connectivity index (χ0v) is 34.2. The van der Waals surface area contributed by atoms with Crippen molar-refractivity contribution in [2.75, 3.05) is 13.7 Å². The number of aromatic nitrogens is 3. The highest BCUT2D eigenvalue weighted by molar-refractivity contribution is 7.12. The predicted molar refractivity (Wildman–Crippen MR) is 216 cm³/mol. The number of benzene rings is 2. The van der Waals surface area contributed by atoms with E-state index >= 15 is 4.39 Å². The third-order valence-corrected chi connectivity index (χ3v) is 13.2. The molecule has 56 heavy (non-hydrogen) atoms. The first kappa shape index (κ1) is 38.2. The van der Waals surface area contributed by atoms with E-state index in [0.29, 0.717) is 53.0 Å². The summed E-state index contributed by atoms with van der Waals surface area (Å²) in [5.41, 5.74) is 3.10. The van der Waals surface area contributed by atoms with Gasteiger partial charge in [-0.05, 0) is 94.2 Å². The number of carbonyl (C=O) groups excluding carboxylic acids is 2. The number of rotatable bonds is 8. The summed E-state index contributed by atoms with van der Waals surface area (Å²) >= 11 is 1.70. The number of likely N-dealkylation sites (tertiary alicyclic amines) is 1. The Morgan fingerprint density at radius 3 is 2.48 bits per heavy atom. The summed E-state index contributed by atoms with van der Waals surface area (Å²) in [5, 5.41) is 3.61. The molecule has 3 atom stereocenters. The number of H-pyrrole nitrogens is 1. The number of imidazole rings is 1. The van der Waals surface area contributed by atoms with Crippen molar-refractivity contribution in [1.29, 1.82) is 0 Å². The Morgan fingerprint density at radius 2 is 1.80 bits per heavy atom. The second kappa shape index (κ2) is 14.1. The lowest BCUT2D eigenvalue weighted by Crippen LogP contribution is -2.51. The van der Waals surface area contributed by atoms with Crippen molar-refractivity contribution < 1.29 is 32.8 Å². The second-order valence-electron chi connectivity index (χ2n) is 16.7. The van der Waals surface area contributed by atoms with Crippen molar-refractivity contribution in [1.82, 2.24) is 24.8 Å². The fourth-order valence-electron chi connectivity index (χ4n) is 7.92. The lowest BCUT2D eigenvalue weighted by Gasteiger charge is -2.32. The molecule has 0 saturated carbocycles. The van der Waals surface area contributed by atoms with Gasteiger partial charge >= 0.3 is 13.2 Å². The van der Waals surface area contributed by atoms with Crippen LogP contribution in [0.2, 0.25) is 0 Å². The highest BCUT2D eigenvalue weighted by Crippen LogP contribution is 2.48. The summed E-state index contributed by atoms with van der Waals surface area (Å²) in [5.74, 6) is 0.590. The molecule has 11 nitrogen and oxygen atoms in total. The number of alkyl carbamates (subject to hydrolysis) is 1. The monoisotopic (exact) mass is 781 g/mol. The number of nitrogens with zero attached hydrogens (tertiary/aromatic N) is 3. The van der Waals surface area contributed by atoms with Crippen LogP contribution in [-0.2, 0) is 18.8 Å². The molecule has 3 aliphatic heterocycles. The molecule has 294 valence electrons. The van der Waals surface area contributed by atoms with E-state index < -0.39 is 42.5 Å². The fraction of sp³-hybridized carbons (Fsp3) is 0.452. The van der Waals surface area contributed by atoms with Gasteiger partial charge in [-0.15, -0.1) is 11.3 Å². The molecule has 6 heterocycles. The number of aromatic amines is 1. The number of hydrogen-bond donors (Lipinski definition) is 2. The van der Waals surface area contributed by atoms with Crippen LogP contribution in [-0.4, -0.2) is 69.5 Å². The van der Waals surface area contributed by atoms with Gasteiger partial charge in [-0.25, -0.2) is 14.2 Å². The molecule has 14 heteroatoms. The van der Waals surface area contributed by atoms with E-state index in [2.05, 4.69) is 51.9 Å².